The molecule has 3 aliphatic heterocycles. The summed E-state index contributed by atoms with van der Waals surface area (Å²) in [6, 6.07) is 8.40. The van der Waals surface area contributed by atoms with E-state index in [1.165, 1.54) is 5.69 Å². The highest BCUT2D eigenvalue weighted by Crippen LogP contribution is 2.46. The van der Waals surface area contributed by atoms with Gasteiger partial charge in [-0.05, 0) is 50.5 Å². The number of rotatable bonds is 2. The van der Waals surface area contributed by atoms with E-state index in [4.69, 9.17) is 4.74 Å². The Kier molecular flexibility index (Phi) is 3.57. The Hall–Kier alpha value is -2.34. The average Bonchev–Trinajstić information content (AvgIpc) is 3.42. The molecule has 1 spiro atoms. The minimum atomic E-state index is -0.246. The molecule has 26 heavy (non-hydrogen) atoms. The van der Waals surface area contributed by atoms with E-state index >= 15 is 0 Å². The van der Waals surface area contributed by atoms with E-state index < -0.39 is 0 Å². The molecule has 136 valence electrons. The van der Waals surface area contributed by atoms with Crippen molar-refractivity contribution in [3.63, 3.8) is 0 Å². The smallest absolute Gasteiger partial charge is 0.251 e. The molecular formula is C20H24N4O2. The molecule has 0 bridgehead atoms. The van der Waals surface area contributed by atoms with Crippen LogP contribution in [0.4, 0.5) is 5.69 Å². The summed E-state index contributed by atoms with van der Waals surface area (Å²) < 4.78 is 7.84. The lowest BCUT2D eigenvalue weighted by Crippen LogP contribution is -2.53. The maximum atomic E-state index is 12.9. The van der Waals surface area contributed by atoms with Crippen molar-refractivity contribution in [1.82, 2.24) is 14.5 Å². The molecule has 2 aromatic rings. The van der Waals surface area contributed by atoms with Gasteiger partial charge in [-0.1, -0.05) is 0 Å². The Balaban J connectivity index is 1.55. The zero-order chi connectivity index (χ0) is 17.7. The van der Waals surface area contributed by atoms with Crippen LogP contribution in [-0.4, -0.2) is 52.7 Å². The fourth-order valence-electron chi connectivity index (χ4n) is 4.96. The third kappa shape index (κ3) is 2.08. The van der Waals surface area contributed by atoms with Gasteiger partial charge < -0.3 is 19.1 Å². The number of carbonyl (C=O) groups is 1. The van der Waals surface area contributed by atoms with Gasteiger partial charge in [-0.25, -0.2) is 4.98 Å². The molecule has 6 heteroatoms. The third-order valence-corrected chi connectivity index (χ3v) is 6.11. The molecular weight excluding hydrogens is 328 g/mol. The first kappa shape index (κ1) is 15.9. The summed E-state index contributed by atoms with van der Waals surface area (Å²) >= 11 is 0. The summed E-state index contributed by atoms with van der Waals surface area (Å²) in [4.78, 5) is 22.0. The molecule has 2 aromatic heterocycles. The summed E-state index contributed by atoms with van der Waals surface area (Å²) in [5, 5.41) is 0. The van der Waals surface area contributed by atoms with Crippen LogP contribution in [-0.2, 0) is 15.1 Å². The molecule has 6 nitrogen and oxygen atoms in total. The Morgan fingerprint density at radius 3 is 3.12 bits per heavy atom. The predicted octanol–water partition coefficient (Wildman–Crippen LogP) is 2.32. The fourth-order valence-corrected chi connectivity index (χ4v) is 4.96. The zero-order valence-corrected chi connectivity index (χ0v) is 15.1. The highest BCUT2D eigenvalue weighted by Gasteiger charge is 2.51. The second-order valence-corrected chi connectivity index (χ2v) is 7.40. The van der Waals surface area contributed by atoms with E-state index in [9.17, 15) is 4.79 Å². The van der Waals surface area contributed by atoms with Gasteiger partial charge in [-0.15, -0.1) is 0 Å². The number of hydrogen-bond donors (Lipinski definition) is 0. The standard InChI is InChI=1S/C20H24N4O2/c1-2-24-15-6-3-10-21-18(15)23-11-4-8-17(23)20(24)9-12-22(14-20)19(25)16-7-5-13-26-16/h3-4,6,8,10-11,16H,2,5,7,9,12-14H2,1H3/t16-,20?/m1/s1. The minimum Gasteiger partial charge on any atom is -0.368 e. The molecule has 3 aliphatic rings. The molecule has 0 N–H and O–H groups in total. The van der Waals surface area contributed by atoms with Gasteiger partial charge >= 0.3 is 0 Å². The van der Waals surface area contributed by atoms with Crippen LogP contribution >= 0.6 is 0 Å². The maximum Gasteiger partial charge on any atom is 0.251 e. The van der Waals surface area contributed by atoms with Crippen LogP contribution in [0.1, 0.15) is 31.9 Å². The van der Waals surface area contributed by atoms with Crippen molar-refractivity contribution >= 4 is 11.6 Å². The lowest BCUT2D eigenvalue weighted by molar-refractivity contribution is -0.140. The first-order valence-corrected chi connectivity index (χ1v) is 9.56. The number of nitrogens with zero attached hydrogens (tertiary/aromatic N) is 4. The van der Waals surface area contributed by atoms with Crippen molar-refractivity contribution < 1.29 is 9.53 Å². The summed E-state index contributed by atoms with van der Waals surface area (Å²) in [6.45, 7) is 5.25. The summed E-state index contributed by atoms with van der Waals surface area (Å²) in [5.74, 6) is 1.13. The van der Waals surface area contributed by atoms with Gasteiger partial charge in [0.1, 0.15) is 6.10 Å². The number of ether oxygens (including phenoxy) is 1. The molecule has 5 heterocycles. The Bertz CT molecular complexity index is 842. The van der Waals surface area contributed by atoms with Crippen molar-refractivity contribution in [1.29, 1.82) is 0 Å². The van der Waals surface area contributed by atoms with Crippen LogP contribution in [0.25, 0.3) is 5.82 Å². The number of aromatic nitrogens is 2. The van der Waals surface area contributed by atoms with E-state index in [0.717, 1.165) is 43.9 Å². The molecule has 1 amide bonds. The Morgan fingerprint density at radius 1 is 1.38 bits per heavy atom. The number of hydrogen-bond acceptors (Lipinski definition) is 4. The largest absolute Gasteiger partial charge is 0.368 e. The van der Waals surface area contributed by atoms with Gasteiger partial charge in [0, 0.05) is 38.6 Å². The monoisotopic (exact) mass is 352 g/mol. The van der Waals surface area contributed by atoms with E-state index in [1.54, 1.807) is 0 Å². The second-order valence-electron chi connectivity index (χ2n) is 7.40. The summed E-state index contributed by atoms with van der Waals surface area (Å²) in [6.07, 6.45) is 6.44. The van der Waals surface area contributed by atoms with Crippen LogP contribution < -0.4 is 4.90 Å². The molecule has 1 unspecified atom stereocenters. The molecule has 5 rings (SSSR count). The molecule has 0 aromatic carbocycles. The van der Waals surface area contributed by atoms with Crippen molar-refractivity contribution in [2.45, 2.75) is 37.8 Å². The molecule has 0 aliphatic carbocycles. The Morgan fingerprint density at radius 2 is 2.31 bits per heavy atom. The number of likely N-dealkylation sites (tertiary alicyclic amines) is 1. The first-order chi connectivity index (χ1) is 12.7. The van der Waals surface area contributed by atoms with Gasteiger partial charge in [0.05, 0.1) is 16.9 Å². The number of carbonyl (C=O) groups excluding carboxylic acids is 1. The van der Waals surface area contributed by atoms with E-state index in [2.05, 4.69) is 45.8 Å². The van der Waals surface area contributed by atoms with E-state index in [0.29, 0.717) is 13.2 Å². The molecule has 2 atom stereocenters. The number of anilines is 1. The third-order valence-electron chi connectivity index (χ3n) is 6.11. The van der Waals surface area contributed by atoms with Crippen LogP contribution in [0.5, 0.6) is 0 Å². The minimum absolute atomic E-state index is 0.158. The fraction of sp³-hybridized carbons (Fsp3) is 0.500. The van der Waals surface area contributed by atoms with Gasteiger partial charge in [-0.3, -0.25) is 4.79 Å². The maximum absolute atomic E-state index is 12.9. The van der Waals surface area contributed by atoms with Gasteiger partial charge in [-0.2, -0.15) is 0 Å². The SMILES string of the molecule is CCN1c2cccnc2-n2cccc2C12CCN(C(=O)[C@H]1CCCO1)C2. The van der Waals surface area contributed by atoms with Crippen molar-refractivity contribution in [3.05, 3.63) is 42.4 Å². The predicted molar refractivity (Wildman–Crippen MR) is 98.4 cm³/mol. The van der Waals surface area contributed by atoms with Crippen molar-refractivity contribution in [2.24, 2.45) is 0 Å². The number of pyridine rings is 1. The number of likely N-dealkylation sites (N-methyl/N-ethyl adjacent to an activating group) is 1. The zero-order valence-electron chi connectivity index (χ0n) is 15.1. The first-order valence-electron chi connectivity index (χ1n) is 9.56. The molecule has 2 saturated heterocycles. The highest BCUT2D eigenvalue weighted by atomic mass is 16.5. The lowest BCUT2D eigenvalue weighted by Gasteiger charge is -2.46. The second kappa shape index (κ2) is 5.84. The van der Waals surface area contributed by atoms with E-state index in [1.807, 2.05) is 17.2 Å². The van der Waals surface area contributed by atoms with Crippen LogP contribution in [0, 0.1) is 0 Å². The lowest BCUT2D eigenvalue weighted by atomic mass is 9.89. The van der Waals surface area contributed by atoms with Gasteiger partial charge in [0.2, 0.25) is 0 Å². The number of amides is 1. The Labute approximate surface area is 153 Å². The van der Waals surface area contributed by atoms with Crippen molar-refractivity contribution in [2.75, 3.05) is 31.1 Å². The quantitative estimate of drug-likeness (QED) is 0.832. The normalized spacial score (nSPS) is 27.0. The van der Waals surface area contributed by atoms with Crippen molar-refractivity contribution in [3.8, 4) is 5.82 Å². The van der Waals surface area contributed by atoms with Gasteiger partial charge in [0.15, 0.2) is 5.82 Å². The average molecular weight is 352 g/mol. The highest BCUT2D eigenvalue weighted by molar-refractivity contribution is 5.82. The van der Waals surface area contributed by atoms with Crippen LogP contribution in [0.15, 0.2) is 36.7 Å². The summed E-state index contributed by atoms with van der Waals surface area (Å²) in [5.41, 5.74) is 2.18. The molecule has 0 saturated carbocycles. The number of fused-ring (bicyclic) bond motifs is 4. The van der Waals surface area contributed by atoms with Crippen LogP contribution in [0.3, 0.4) is 0 Å². The van der Waals surface area contributed by atoms with E-state index in [-0.39, 0.29) is 17.6 Å². The summed E-state index contributed by atoms with van der Waals surface area (Å²) in [7, 11) is 0. The van der Waals surface area contributed by atoms with Crippen LogP contribution in [0.2, 0.25) is 0 Å². The van der Waals surface area contributed by atoms with Gasteiger partial charge in [0.25, 0.3) is 5.91 Å². The molecule has 0 radical (unpaired) electrons. The topological polar surface area (TPSA) is 50.6 Å². The molecule has 2 fully saturated rings.